The van der Waals surface area contributed by atoms with Gasteiger partial charge in [-0.05, 0) is 31.0 Å². The molecule has 0 saturated carbocycles. The predicted molar refractivity (Wildman–Crippen MR) is 102 cm³/mol. The minimum absolute atomic E-state index is 0.0267. The Kier molecular flexibility index (Phi) is 5.88. The van der Waals surface area contributed by atoms with Crippen molar-refractivity contribution in [2.24, 2.45) is 5.92 Å². The van der Waals surface area contributed by atoms with Gasteiger partial charge in [0, 0.05) is 30.1 Å². The number of carbonyl (C=O) groups excluding carboxylic acids is 1. The molecule has 1 fully saturated rings. The van der Waals surface area contributed by atoms with Crippen LogP contribution in [-0.4, -0.2) is 50.1 Å². The van der Waals surface area contributed by atoms with Crippen LogP contribution in [0.15, 0.2) is 24.3 Å². The summed E-state index contributed by atoms with van der Waals surface area (Å²) in [5, 5.41) is 1.14. The van der Waals surface area contributed by atoms with Gasteiger partial charge in [-0.2, -0.15) is 0 Å². The molecule has 1 aliphatic heterocycles. The van der Waals surface area contributed by atoms with Gasteiger partial charge in [-0.3, -0.25) is 4.79 Å². The molecule has 1 saturated heterocycles. The molecule has 27 heavy (non-hydrogen) atoms. The van der Waals surface area contributed by atoms with E-state index >= 15 is 0 Å². The van der Waals surface area contributed by atoms with Crippen molar-refractivity contribution in [2.45, 2.75) is 19.4 Å². The molecular weight excluding hydrogens is 392 g/mol. The third kappa shape index (κ3) is 4.69. The summed E-state index contributed by atoms with van der Waals surface area (Å²) in [5.74, 6) is 0.0409. The van der Waals surface area contributed by atoms with Gasteiger partial charge in [-0.15, -0.1) is 0 Å². The number of pyridine rings is 1. The second-order valence-electron chi connectivity index (χ2n) is 6.54. The Morgan fingerprint density at radius 3 is 2.63 bits per heavy atom. The largest absolute Gasteiger partial charge is 0.497 e. The Morgan fingerprint density at radius 1 is 1.30 bits per heavy atom. The van der Waals surface area contributed by atoms with Crippen molar-refractivity contribution in [2.75, 3.05) is 26.5 Å². The molecular formula is C18H21ClN2O5S. The lowest BCUT2D eigenvalue weighted by Gasteiger charge is -2.28. The fraction of sp³-hybridized carbons (Fsp3) is 0.444. The van der Waals surface area contributed by atoms with Gasteiger partial charge >= 0.3 is 5.97 Å². The minimum atomic E-state index is -3.22. The molecule has 0 aliphatic carbocycles. The van der Waals surface area contributed by atoms with E-state index < -0.39 is 10.0 Å². The average molecular weight is 413 g/mol. The number of hydrogen-bond donors (Lipinski definition) is 0. The SMILES string of the molecule is COc1ccc2cc(COC(=O)C3CCN(S(C)(=O)=O)CC3)c(Cl)nc2c1. The summed E-state index contributed by atoms with van der Waals surface area (Å²) in [6.45, 7) is 0.691. The molecule has 9 heteroatoms. The van der Waals surface area contributed by atoms with Gasteiger partial charge in [0.1, 0.15) is 17.5 Å². The van der Waals surface area contributed by atoms with Crippen LogP contribution in [0.2, 0.25) is 5.15 Å². The normalized spacial score (nSPS) is 16.4. The smallest absolute Gasteiger partial charge is 0.309 e. The molecule has 2 heterocycles. The van der Waals surface area contributed by atoms with Crippen molar-refractivity contribution in [3.63, 3.8) is 0 Å². The van der Waals surface area contributed by atoms with Crippen LogP contribution in [0.3, 0.4) is 0 Å². The molecule has 1 aromatic carbocycles. The van der Waals surface area contributed by atoms with E-state index in [0.717, 1.165) is 5.39 Å². The quantitative estimate of drug-likeness (QED) is 0.554. The van der Waals surface area contributed by atoms with E-state index in [1.54, 1.807) is 13.2 Å². The molecule has 1 aromatic heterocycles. The maximum absolute atomic E-state index is 12.3. The first kappa shape index (κ1) is 19.9. The molecule has 0 bridgehead atoms. The predicted octanol–water partition coefficient (Wildman–Crippen LogP) is 2.61. The number of nitrogens with zero attached hydrogens (tertiary/aromatic N) is 2. The van der Waals surface area contributed by atoms with Gasteiger partial charge in [-0.1, -0.05) is 11.6 Å². The van der Waals surface area contributed by atoms with Crippen LogP contribution in [0.5, 0.6) is 5.75 Å². The summed E-state index contributed by atoms with van der Waals surface area (Å²) in [6.07, 6.45) is 2.08. The molecule has 146 valence electrons. The van der Waals surface area contributed by atoms with E-state index in [-0.39, 0.29) is 23.6 Å². The van der Waals surface area contributed by atoms with E-state index in [4.69, 9.17) is 21.1 Å². The molecule has 0 atom stereocenters. The topological polar surface area (TPSA) is 85.8 Å². The first-order valence-corrected chi connectivity index (χ1v) is 10.8. The van der Waals surface area contributed by atoms with Crippen LogP contribution in [0, 0.1) is 5.92 Å². The third-order valence-corrected chi connectivity index (χ3v) is 6.31. The molecule has 0 radical (unpaired) electrons. The number of ether oxygens (including phenoxy) is 2. The van der Waals surface area contributed by atoms with Gasteiger partial charge in [-0.25, -0.2) is 17.7 Å². The van der Waals surface area contributed by atoms with Crippen molar-refractivity contribution in [3.8, 4) is 5.75 Å². The summed E-state index contributed by atoms with van der Waals surface area (Å²) >= 11 is 6.22. The maximum Gasteiger partial charge on any atom is 0.309 e. The molecule has 2 aromatic rings. The van der Waals surface area contributed by atoms with Crippen molar-refractivity contribution in [3.05, 3.63) is 35.0 Å². The molecule has 0 N–H and O–H groups in total. The zero-order valence-corrected chi connectivity index (χ0v) is 16.7. The number of piperidine rings is 1. The van der Waals surface area contributed by atoms with E-state index in [1.807, 2.05) is 18.2 Å². The number of esters is 1. The first-order chi connectivity index (χ1) is 12.8. The Morgan fingerprint density at radius 2 is 2.00 bits per heavy atom. The van der Waals surface area contributed by atoms with Crippen LogP contribution in [0.4, 0.5) is 0 Å². The summed E-state index contributed by atoms with van der Waals surface area (Å²) < 4.78 is 35.0. The number of sulfonamides is 1. The van der Waals surface area contributed by atoms with Crippen LogP contribution in [0.25, 0.3) is 10.9 Å². The summed E-state index contributed by atoms with van der Waals surface area (Å²) in [7, 11) is -1.63. The summed E-state index contributed by atoms with van der Waals surface area (Å²) in [6, 6.07) is 7.31. The summed E-state index contributed by atoms with van der Waals surface area (Å²) in [5.41, 5.74) is 1.32. The molecule has 0 amide bonds. The van der Waals surface area contributed by atoms with Gasteiger partial charge < -0.3 is 9.47 Å². The lowest BCUT2D eigenvalue weighted by Crippen LogP contribution is -2.40. The third-order valence-electron chi connectivity index (χ3n) is 4.68. The Hall–Kier alpha value is -1.90. The van der Waals surface area contributed by atoms with Crippen LogP contribution in [-0.2, 0) is 26.2 Å². The van der Waals surface area contributed by atoms with Gasteiger partial charge in [0.05, 0.1) is 24.8 Å². The number of fused-ring (bicyclic) bond motifs is 1. The number of halogens is 1. The zero-order valence-electron chi connectivity index (χ0n) is 15.1. The first-order valence-electron chi connectivity index (χ1n) is 8.53. The lowest BCUT2D eigenvalue weighted by atomic mass is 9.98. The Balaban J connectivity index is 1.63. The fourth-order valence-corrected chi connectivity index (χ4v) is 4.16. The number of aromatic nitrogens is 1. The number of hydrogen-bond acceptors (Lipinski definition) is 6. The van der Waals surface area contributed by atoms with E-state index in [0.29, 0.717) is 42.8 Å². The van der Waals surface area contributed by atoms with Crippen molar-refractivity contribution < 1.29 is 22.7 Å². The monoisotopic (exact) mass is 412 g/mol. The van der Waals surface area contributed by atoms with Crippen molar-refractivity contribution >= 4 is 38.5 Å². The van der Waals surface area contributed by atoms with Gasteiger partial charge in [0.25, 0.3) is 0 Å². The fourth-order valence-electron chi connectivity index (χ4n) is 3.09. The molecule has 3 rings (SSSR count). The van der Waals surface area contributed by atoms with Crippen LogP contribution in [0.1, 0.15) is 18.4 Å². The minimum Gasteiger partial charge on any atom is -0.497 e. The number of carbonyl (C=O) groups is 1. The Bertz CT molecular complexity index is 956. The number of benzene rings is 1. The van der Waals surface area contributed by atoms with Crippen molar-refractivity contribution in [1.82, 2.24) is 9.29 Å². The molecule has 1 aliphatic rings. The average Bonchev–Trinajstić information content (AvgIpc) is 2.65. The van der Waals surface area contributed by atoms with E-state index in [1.165, 1.54) is 10.6 Å². The second kappa shape index (κ2) is 8.00. The second-order valence-corrected chi connectivity index (χ2v) is 8.88. The summed E-state index contributed by atoms with van der Waals surface area (Å²) in [4.78, 5) is 16.6. The van der Waals surface area contributed by atoms with E-state index in [2.05, 4.69) is 4.98 Å². The lowest BCUT2D eigenvalue weighted by molar-refractivity contribution is -0.151. The standard InChI is InChI=1S/C18H21ClN2O5S/c1-25-15-4-3-13-9-14(17(19)20-16(13)10-15)11-26-18(22)12-5-7-21(8-6-12)27(2,23)24/h3-4,9-10,12H,5-8,11H2,1-2H3. The molecule has 7 nitrogen and oxygen atoms in total. The highest BCUT2D eigenvalue weighted by Gasteiger charge is 2.30. The highest BCUT2D eigenvalue weighted by molar-refractivity contribution is 7.88. The maximum atomic E-state index is 12.3. The molecule has 0 unspecified atom stereocenters. The highest BCUT2D eigenvalue weighted by Crippen LogP contribution is 2.26. The van der Waals surface area contributed by atoms with E-state index in [9.17, 15) is 13.2 Å². The van der Waals surface area contributed by atoms with Crippen molar-refractivity contribution in [1.29, 1.82) is 0 Å². The number of methoxy groups -OCH3 is 1. The Labute approximate surface area is 163 Å². The van der Waals surface area contributed by atoms with Gasteiger partial charge in [0.2, 0.25) is 10.0 Å². The van der Waals surface area contributed by atoms with Crippen LogP contribution < -0.4 is 4.74 Å². The zero-order chi connectivity index (χ0) is 19.6. The van der Waals surface area contributed by atoms with Crippen LogP contribution >= 0.6 is 11.6 Å². The molecule has 0 spiro atoms. The van der Waals surface area contributed by atoms with Gasteiger partial charge in [0.15, 0.2) is 0 Å². The highest BCUT2D eigenvalue weighted by atomic mass is 35.5. The number of rotatable bonds is 5.